The highest BCUT2D eigenvalue weighted by molar-refractivity contribution is 6.33. The van der Waals surface area contributed by atoms with Crippen LogP contribution in [0.5, 0.6) is 0 Å². The van der Waals surface area contributed by atoms with Gasteiger partial charge in [-0.1, -0.05) is 11.6 Å². The molecule has 6 heteroatoms. The third-order valence-corrected chi connectivity index (χ3v) is 1.84. The number of halogens is 3. The van der Waals surface area contributed by atoms with Crippen molar-refractivity contribution in [2.24, 2.45) is 0 Å². The van der Waals surface area contributed by atoms with E-state index in [-0.39, 0.29) is 17.3 Å². The highest BCUT2D eigenvalue weighted by Crippen LogP contribution is 2.26. The molecule has 0 fully saturated rings. The van der Waals surface area contributed by atoms with Gasteiger partial charge in [-0.15, -0.1) is 0 Å². The lowest BCUT2D eigenvalue weighted by atomic mass is 10.3. The Morgan fingerprint density at radius 3 is 2.73 bits per heavy atom. The van der Waals surface area contributed by atoms with Crippen molar-refractivity contribution in [1.82, 2.24) is 0 Å². The first kappa shape index (κ1) is 11.9. The Kier molecular flexibility index (Phi) is 3.99. The van der Waals surface area contributed by atoms with Crippen LogP contribution in [0, 0.1) is 11.6 Å². The zero-order valence-electron chi connectivity index (χ0n) is 7.81. The quantitative estimate of drug-likeness (QED) is 0.872. The molecule has 1 aromatic carbocycles. The van der Waals surface area contributed by atoms with Gasteiger partial charge in [0.2, 0.25) is 5.91 Å². The number of carbonyl (C=O) groups excluding carboxylic acids is 1. The molecule has 1 rings (SSSR count). The van der Waals surface area contributed by atoms with Gasteiger partial charge in [-0.05, 0) is 6.07 Å². The van der Waals surface area contributed by atoms with E-state index in [4.69, 9.17) is 11.6 Å². The highest BCUT2D eigenvalue weighted by atomic mass is 35.5. The summed E-state index contributed by atoms with van der Waals surface area (Å²) in [7, 11) is 1.32. The number of hydrogen-bond donors (Lipinski definition) is 1. The second-order valence-corrected chi connectivity index (χ2v) is 3.13. The van der Waals surface area contributed by atoms with Gasteiger partial charge in [0.25, 0.3) is 0 Å². The van der Waals surface area contributed by atoms with E-state index in [0.29, 0.717) is 6.07 Å². The molecule has 0 spiro atoms. The van der Waals surface area contributed by atoms with Gasteiger partial charge in [-0.2, -0.15) is 0 Å². The topological polar surface area (TPSA) is 38.3 Å². The van der Waals surface area contributed by atoms with Crippen molar-refractivity contribution in [3.05, 3.63) is 28.8 Å². The van der Waals surface area contributed by atoms with E-state index >= 15 is 0 Å². The summed E-state index contributed by atoms with van der Waals surface area (Å²) in [6, 6.07) is 1.54. The lowest BCUT2D eigenvalue weighted by Crippen LogP contribution is -2.18. The molecule has 0 radical (unpaired) electrons. The number of hydrogen-bond acceptors (Lipinski definition) is 2. The van der Waals surface area contributed by atoms with Gasteiger partial charge < -0.3 is 10.1 Å². The summed E-state index contributed by atoms with van der Waals surface area (Å²) in [6.45, 7) is -0.229. The molecule has 1 aromatic rings. The first-order valence-corrected chi connectivity index (χ1v) is 4.35. The minimum Gasteiger partial charge on any atom is -0.375 e. The summed E-state index contributed by atoms with van der Waals surface area (Å²) >= 11 is 5.54. The number of carbonyl (C=O) groups is 1. The van der Waals surface area contributed by atoms with E-state index in [1.807, 2.05) is 0 Å². The molecule has 0 aliphatic heterocycles. The molecule has 0 saturated heterocycles. The summed E-state index contributed by atoms with van der Waals surface area (Å²) in [5, 5.41) is 1.97. The van der Waals surface area contributed by atoms with Crippen molar-refractivity contribution in [2.45, 2.75) is 0 Å². The molecule has 3 nitrogen and oxygen atoms in total. The van der Waals surface area contributed by atoms with Crippen LogP contribution in [0.15, 0.2) is 12.1 Å². The number of ether oxygens (including phenoxy) is 1. The molecule has 0 bridgehead atoms. The van der Waals surface area contributed by atoms with Crippen LogP contribution < -0.4 is 5.32 Å². The zero-order valence-corrected chi connectivity index (χ0v) is 8.57. The van der Waals surface area contributed by atoms with Crippen LogP contribution in [-0.4, -0.2) is 19.6 Å². The smallest absolute Gasteiger partial charge is 0.250 e. The summed E-state index contributed by atoms with van der Waals surface area (Å²) in [4.78, 5) is 11.0. The molecule has 0 aliphatic rings. The molecule has 82 valence electrons. The average molecular weight is 236 g/mol. The lowest BCUT2D eigenvalue weighted by Gasteiger charge is -2.07. The van der Waals surface area contributed by atoms with Crippen LogP contribution in [-0.2, 0) is 9.53 Å². The van der Waals surface area contributed by atoms with E-state index in [9.17, 15) is 13.6 Å². The fourth-order valence-corrected chi connectivity index (χ4v) is 1.21. The minimum atomic E-state index is -0.926. The summed E-state index contributed by atoms with van der Waals surface area (Å²) in [6.07, 6.45) is 0. The Hall–Kier alpha value is -1.20. The third kappa shape index (κ3) is 3.14. The van der Waals surface area contributed by atoms with Gasteiger partial charge in [0.1, 0.15) is 12.4 Å². The number of rotatable bonds is 3. The maximum Gasteiger partial charge on any atom is 0.250 e. The molecule has 1 N–H and O–H groups in total. The zero-order chi connectivity index (χ0) is 11.4. The fourth-order valence-electron chi connectivity index (χ4n) is 0.968. The van der Waals surface area contributed by atoms with Gasteiger partial charge >= 0.3 is 0 Å². The van der Waals surface area contributed by atoms with Crippen molar-refractivity contribution in [3.8, 4) is 0 Å². The SMILES string of the molecule is COCC(=O)Nc1c(F)cc(F)cc1Cl. The summed E-state index contributed by atoms with van der Waals surface area (Å²) in [5.74, 6) is -2.29. The lowest BCUT2D eigenvalue weighted by molar-refractivity contribution is -0.119. The van der Waals surface area contributed by atoms with Crippen molar-refractivity contribution in [1.29, 1.82) is 0 Å². The first-order valence-electron chi connectivity index (χ1n) is 3.98. The van der Waals surface area contributed by atoms with E-state index in [2.05, 4.69) is 10.1 Å². The van der Waals surface area contributed by atoms with Crippen LogP contribution in [0.25, 0.3) is 0 Å². The monoisotopic (exact) mass is 235 g/mol. The Balaban J connectivity index is 2.90. The molecular formula is C9H8ClF2NO2. The van der Waals surface area contributed by atoms with Crippen LogP contribution >= 0.6 is 11.6 Å². The summed E-state index contributed by atoms with van der Waals surface area (Å²) < 4.78 is 30.3. The average Bonchev–Trinajstić information content (AvgIpc) is 2.11. The van der Waals surface area contributed by atoms with Gasteiger partial charge in [0, 0.05) is 13.2 Å². The number of methoxy groups -OCH3 is 1. The third-order valence-electron chi connectivity index (χ3n) is 1.55. The second-order valence-electron chi connectivity index (χ2n) is 2.73. The Labute approximate surface area is 90.0 Å². The van der Waals surface area contributed by atoms with Crippen LogP contribution in [0.4, 0.5) is 14.5 Å². The minimum absolute atomic E-state index is 0.197. The molecule has 0 aliphatic carbocycles. The number of nitrogens with one attached hydrogen (secondary N) is 1. The molecule has 0 saturated carbocycles. The van der Waals surface area contributed by atoms with Gasteiger partial charge in [-0.25, -0.2) is 8.78 Å². The van der Waals surface area contributed by atoms with Gasteiger partial charge in [0.15, 0.2) is 5.82 Å². The second kappa shape index (κ2) is 5.04. The maximum absolute atomic E-state index is 13.1. The maximum atomic E-state index is 13.1. The predicted octanol–water partition coefficient (Wildman–Crippen LogP) is 2.20. The van der Waals surface area contributed by atoms with E-state index in [0.717, 1.165) is 6.07 Å². The number of benzene rings is 1. The van der Waals surface area contributed by atoms with Crippen molar-refractivity contribution < 1.29 is 18.3 Å². The molecule has 15 heavy (non-hydrogen) atoms. The Bertz CT molecular complexity index is 361. The number of amides is 1. The number of anilines is 1. The molecular weight excluding hydrogens is 228 g/mol. The summed E-state index contributed by atoms with van der Waals surface area (Å²) in [5.41, 5.74) is -0.250. The normalized spacial score (nSPS) is 10.1. The fraction of sp³-hybridized carbons (Fsp3) is 0.222. The Morgan fingerprint density at radius 1 is 1.53 bits per heavy atom. The molecule has 0 unspecified atom stereocenters. The van der Waals surface area contributed by atoms with Crippen LogP contribution in [0.2, 0.25) is 5.02 Å². The highest BCUT2D eigenvalue weighted by Gasteiger charge is 2.12. The molecule has 0 heterocycles. The Morgan fingerprint density at radius 2 is 2.20 bits per heavy atom. The first-order chi connectivity index (χ1) is 7.04. The standard InChI is InChI=1S/C9H8ClF2NO2/c1-15-4-8(14)13-9-6(10)2-5(11)3-7(9)12/h2-3H,4H2,1H3,(H,13,14). The van der Waals surface area contributed by atoms with Crippen LogP contribution in [0.3, 0.4) is 0 Å². The molecule has 0 aromatic heterocycles. The van der Waals surface area contributed by atoms with E-state index in [1.54, 1.807) is 0 Å². The molecule has 0 atom stereocenters. The van der Waals surface area contributed by atoms with Crippen molar-refractivity contribution in [2.75, 3.05) is 19.0 Å². The van der Waals surface area contributed by atoms with E-state index in [1.165, 1.54) is 7.11 Å². The van der Waals surface area contributed by atoms with Crippen molar-refractivity contribution in [3.63, 3.8) is 0 Å². The molecule has 1 amide bonds. The largest absolute Gasteiger partial charge is 0.375 e. The predicted molar refractivity (Wildman–Crippen MR) is 51.9 cm³/mol. The van der Waals surface area contributed by atoms with Gasteiger partial charge in [-0.3, -0.25) is 4.79 Å². The van der Waals surface area contributed by atoms with E-state index < -0.39 is 17.5 Å². The van der Waals surface area contributed by atoms with Crippen LogP contribution in [0.1, 0.15) is 0 Å². The van der Waals surface area contributed by atoms with Crippen molar-refractivity contribution >= 4 is 23.2 Å². The van der Waals surface area contributed by atoms with Gasteiger partial charge in [0.05, 0.1) is 10.7 Å².